The Hall–Kier alpha value is -1.18. The van der Waals surface area contributed by atoms with Crippen molar-refractivity contribution in [1.29, 1.82) is 0 Å². The predicted octanol–water partition coefficient (Wildman–Crippen LogP) is -4.20. The van der Waals surface area contributed by atoms with E-state index in [1.165, 1.54) is 6.92 Å². The molecule has 5 atom stereocenters. The van der Waals surface area contributed by atoms with Crippen LogP contribution in [0.3, 0.4) is 0 Å². The maximum atomic E-state index is 10.1. The molecule has 150 valence electrons. The molecule has 0 bridgehead atoms. The quantitative estimate of drug-likeness (QED) is 0.196. The molecule has 1 saturated heterocycles. The first-order chi connectivity index (χ1) is 11.6. The number of carboxylic acid groups (broad SMARTS) is 1. The molecule has 11 heteroatoms. The number of hydrogen-bond acceptors (Lipinski definition) is 10. The fourth-order valence-corrected chi connectivity index (χ4v) is 1.52. The average molecular weight is 371 g/mol. The van der Waals surface area contributed by atoms with Gasteiger partial charge in [-0.25, -0.2) is 0 Å². The van der Waals surface area contributed by atoms with Crippen LogP contribution >= 0.6 is 0 Å². The Morgan fingerprint density at radius 1 is 1.12 bits per heavy atom. The van der Waals surface area contributed by atoms with Crippen molar-refractivity contribution < 1.29 is 50.4 Å². The summed E-state index contributed by atoms with van der Waals surface area (Å²) in [5, 5.41) is 70.3. The van der Waals surface area contributed by atoms with Crippen LogP contribution in [0.5, 0.6) is 0 Å². The number of aliphatic hydroxyl groups excluding tert-OH is 7. The second-order valence-corrected chi connectivity index (χ2v) is 5.35. The van der Waals surface area contributed by atoms with Crippen molar-refractivity contribution >= 4 is 12.3 Å². The molecule has 1 heterocycles. The summed E-state index contributed by atoms with van der Waals surface area (Å²) in [5.74, 6) is -0.720. The van der Waals surface area contributed by atoms with Crippen LogP contribution in [0.15, 0.2) is 0 Å². The van der Waals surface area contributed by atoms with Gasteiger partial charge in [-0.05, 0) is 26.3 Å². The monoisotopic (exact) mass is 371 g/mol. The lowest BCUT2D eigenvalue weighted by atomic mass is 10.1. The van der Waals surface area contributed by atoms with Gasteiger partial charge in [0.1, 0.15) is 30.5 Å². The third kappa shape index (κ3) is 12.8. The van der Waals surface area contributed by atoms with Gasteiger partial charge < -0.3 is 51.0 Å². The van der Waals surface area contributed by atoms with Crippen molar-refractivity contribution in [3.63, 3.8) is 0 Å². The molecule has 0 aromatic heterocycles. The van der Waals surface area contributed by atoms with Crippen LogP contribution in [0.2, 0.25) is 0 Å². The first kappa shape index (κ1) is 26.1. The van der Waals surface area contributed by atoms with Crippen LogP contribution in [0.25, 0.3) is 0 Å². The van der Waals surface area contributed by atoms with E-state index in [1.807, 2.05) is 0 Å². The van der Waals surface area contributed by atoms with Gasteiger partial charge in [0.2, 0.25) is 0 Å². The summed E-state index contributed by atoms with van der Waals surface area (Å²) in [5.41, 5.74) is 0. The van der Waals surface area contributed by atoms with E-state index in [2.05, 4.69) is 5.32 Å². The minimum atomic E-state index is -1.65. The molecule has 0 amide bonds. The van der Waals surface area contributed by atoms with Crippen molar-refractivity contribution in [2.45, 2.75) is 56.3 Å². The van der Waals surface area contributed by atoms with Gasteiger partial charge in [-0.2, -0.15) is 0 Å². The topological polar surface area (TPSA) is 208 Å². The number of carbonyl (C=O) groups excluding carboxylic acids is 1. The third-order valence-corrected chi connectivity index (χ3v) is 3.11. The van der Waals surface area contributed by atoms with Gasteiger partial charge in [-0.15, -0.1) is 0 Å². The second-order valence-electron chi connectivity index (χ2n) is 5.35. The molecule has 25 heavy (non-hydrogen) atoms. The summed E-state index contributed by atoms with van der Waals surface area (Å²) in [7, 11) is 0. The molecular weight excluding hydrogens is 342 g/mol. The molecule has 0 aromatic rings. The molecule has 0 spiro atoms. The molecular formula is C14H29NO10. The van der Waals surface area contributed by atoms with Gasteiger partial charge in [-0.1, -0.05) is 0 Å². The summed E-state index contributed by atoms with van der Waals surface area (Å²) < 4.78 is 0. The van der Waals surface area contributed by atoms with E-state index in [-0.39, 0.29) is 25.5 Å². The minimum absolute atomic E-state index is 0.0935. The van der Waals surface area contributed by atoms with E-state index in [1.54, 1.807) is 0 Å². The first-order valence-electron chi connectivity index (χ1n) is 7.65. The highest BCUT2D eigenvalue weighted by molar-refractivity contribution is 5.73. The Labute approximate surface area is 145 Å². The highest BCUT2D eigenvalue weighted by Gasteiger charge is 2.27. The Kier molecular flexibility index (Phi) is 15.7. The molecule has 1 fully saturated rings. The van der Waals surface area contributed by atoms with E-state index >= 15 is 0 Å². The number of aliphatic carboxylic acids is 1. The predicted molar refractivity (Wildman–Crippen MR) is 84.6 cm³/mol. The zero-order chi connectivity index (χ0) is 20.0. The number of carboxylic acids is 1. The first-order valence-corrected chi connectivity index (χ1v) is 7.65. The number of nitrogens with one attached hydrogen (secondary N) is 1. The number of hydrogen-bond donors (Lipinski definition) is 9. The molecule has 1 aliphatic heterocycles. The summed E-state index contributed by atoms with van der Waals surface area (Å²) in [6.07, 6.45) is -5.05. The highest BCUT2D eigenvalue weighted by Crippen LogP contribution is 2.03. The largest absolute Gasteiger partial charge is 0.480 e. The second kappa shape index (κ2) is 15.1. The standard InChI is InChI=1S/C6H12O5.C5H9NO2.C3H8O3/c1-3(8)5(10)6(11)4(9)2-7;7-5(8)4-2-1-3-6-4;4-1-3(6)2-5/h2-6,8-11H,1H3;4,6H,1-3H2,(H,7,8);3-6H,1-2H2/t;4-;/m.0./s1. The van der Waals surface area contributed by atoms with Gasteiger partial charge in [0.05, 0.1) is 19.3 Å². The molecule has 1 rings (SSSR count). The molecule has 11 nitrogen and oxygen atoms in total. The van der Waals surface area contributed by atoms with E-state index in [0.29, 0.717) is 0 Å². The third-order valence-electron chi connectivity index (χ3n) is 3.11. The SMILES string of the molecule is CC(O)C(O)C(O)C(O)C=O.O=C(O)[C@@H]1CCCN1.OCC(O)CO. The lowest BCUT2D eigenvalue weighted by molar-refractivity contribution is -0.139. The van der Waals surface area contributed by atoms with Crippen LogP contribution in [0, 0.1) is 0 Å². The number of carbonyl (C=O) groups is 2. The zero-order valence-corrected chi connectivity index (χ0v) is 14.0. The van der Waals surface area contributed by atoms with Crippen LogP contribution in [-0.2, 0) is 9.59 Å². The lowest BCUT2D eigenvalue weighted by Crippen LogP contribution is -2.43. The summed E-state index contributed by atoms with van der Waals surface area (Å²) in [6, 6.07) is -0.269. The lowest BCUT2D eigenvalue weighted by Gasteiger charge is -2.21. The zero-order valence-electron chi connectivity index (χ0n) is 14.0. The summed E-state index contributed by atoms with van der Waals surface area (Å²) in [4.78, 5) is 20.0. The van der Waals surface area contributed by atoms with Crippen molar-refractivity contribution in [2.75, 3.05) is 19.8 Å². The van der Waals surface area contributed by atoms with E-state index in [4.69, 9.17) is 40.9 Å². The fraction of sp³-hybridized carbons (Fsp3) is 0.857. The minimum Gasteiger partial charge on any atom is -0.480 e. The van der Waals surface area contributed by atoms with Gasteiger partial charge >= 0.3 is 5.97 Å². The Morgan fingerprint density at radius 3 is 1.84 bits per heavy atom. The number of aldehydes is 1. The van der Waals surface area contributed by atoms with Crippen LogP contribution in [-0.4, -0.2) is 109 Å². The Bertz CT molecular complexity index is 345. The van der Waals surface area contributed by atoms with Crippen molar-refractivity contribution in [1.82, 2.24) is 5.32 Å². The van der Waals surface area contributed by atoms with E-state index < -0.39 is 36.5 Å². The molecule has 0 aromatic carbocycles. The van der Waals surface area contributed by atoms with E-state index in [9.17, 15) is 9.59 Å². The maximum absolute atomic E-state index is 10.1. The van der Waals surface area contributed by atoms with Crippen LogP contribution < -0.4 is 5.32 Å². The fourth-order valence-electron chi connectivity index (χ4n) is 1.52. The van der Waals surface area contributed by atoms with Crippen molar-refractivity contribution in [3.05, 3.63) is 0 Å². The van der Waals surface area contributed by atoms with Gasteiger partial charge in [0, 0.05) is 0 Å². The van der Waals surface area contributed by atoms with Gasteiger partial charge in [-0.3, -0.25) is 4.79 Å². The van der Waals surface area contributed by atoms with Crippen LogP contribution in [0.1, 0.15) is 19.8 Å². The van der Waals surface area contributed by atoms with Crippen molar-refractivity contribution in [3.8, 4) is 0 Å². The average Bonchev–Trinajstić information content (AvgIpc) is 3.14. The van der Waals surface area contributed by atoms with E-state index in [0.717, 1.165) is 19.4 Å². The summed E-state index contributed by atoms with van der Waals surface area (Å²) >= 11 is 0. The van der Waals surface area contributed by atoms with Gasteiger partial charge in [0.25, 0.3) is 0 Å². The highest BCUT2D eigenvalue weighted by atomic mass is 16.4. The molecule has 0 radical (unpaired) electrons. The molecule has 1 aliphatic rings. The maximum Gasteiger partial charge on any atom is 0.320 e. The van der Waals surface area contributed by atoms with Gasteiger partial charge in [0.15, 0.2) is 6.29 Å². The molecule has 4 unspecified atom stereocenters. The Morgan fingerprint density at radius 2 is 1.64 bits per heavy atom. The number of rotatable bonds is 7. The smallest absolute Gasteiger partial charge is 0.320 e. The molecule has 9 N–H and O–H groups in total. The molecule has 0 aliphatic carbocycles. The Balaban J connectivity index is 0. The number of aliphatic hydroxyl groups is 7. The summed E-state index contributed by atoms with van der Waals surface area (Å²) in [6.45, 7) is 1.37. The molecule has 0 saturated carbocycles. The normalized spacial score (nSPS) is 21.1. The van der Waals surface area contributed by atoms with Crippen molar-refractivity contribution in [2.24, 2.45) is 0 Å². The van der Waals surface area contributed by atoms with Crippen LogP contribution in [0.4, 0.5) is 0 Å².